The van der Waals surface area contributed by atoms with Crippen molar-refractivity contribution >= 4 is 11.8 Å². The van der Waals surface area contributed by atoms with Crippen LogP contribution in [0.4, 0.5) is 0 Å². The van der Waals surface area contributed by atoms with Gasteiger partial charge in [0.1, 0.15) is 0 Å². The average Bonchev–Trinajstić information content (AvgIpc) is 2.82. The van der Waals surface area contributed by atoms with Gasteiger partial charge in [0, 0.05) is 37.1 Å². The van der Waals surface area contributed by atoms with Gasteiger partial charge < -0.3 is 24.4 Å². The summed E-state index contributed by atoms with van der Waals surface area (Å²) in [5, 5.41) is 3.03. The van der Waals surface area contributed by atoms with Gasteiger partial charge in [0.05, 0.1) is 25.4 Å². The van der Waals surface area contributed by atoms with Crippen LogP contribution >= 0.6 is 0 Å². The lowest BCUT2D eigenvalue weighted by atomic mass is 10.0. The number of amides is 2. The fourth-order valence-electron chi connectivity index (χ4n) is 3.69. The number of carbonyl (C=O) groups excluding carboxylic acids is 2. The molecular formula is C24H31N3O5. The van der Waals surface area contributed by atoms with E-state index in [0.29, 0.717) is 74.1 Å². The summed E-state index contributed by atoms with van der Waals surface area (Å²) in [4.78, 5) is 31.4. The van der Waals surface area contributed by atoms with Crippen molar-refractivity contribution in [1.29, 1.82) is 0 Å². The quantitative estimate of drug-likeness (QED) is 0.642. The second kappa shape index (κ2) is 11.4. The summed E-state index contributed by atoms with van der Waals surface area (Å²) < 4.78 is 17.2. The lowest BCUT2D eigenvalue weighted by Gasteiger charge is -2.32. The highest BCUT2D eigenvalue weighted by molar-refractivity contribution is 5.96. The summed E-state index contributed by atoms with van der Waals surface area (Å²) in [6.07, 6.45) is 4.55. The van der Waals surface area contributed by atoms with Gasteiger partial charge in [0.2, 0.25) is 5.75 Å². The van der Waals surface area contributed by atoms with E-state index >= 15 is 0 Å². The van der Waals surface area contributed by atoms with Crippen LogP contribution < -0.4 is 19.5 Å². The van der Waals surface area contributed by atoms with Crippen LogP contribution in [0.1, 0.15) is 54.3 Å². The second-order valence-corrected chi connectivity index (χ2v) is 7.38. The number of likely N-dealkylation sites (tertiary alicyclic amines) is 1. The lowest BCUT2D eigenvalue weighted by molar-refractivity contribution is 0.0697. The van der Waals surface area contributed by atoms with E-state index in [9.17, 15) is 9.59 Å². The van der Waals surface area contributed by atoms with E-state index in [4.69, 9.17) is 14.2 Å². The van der Waals surface area contributed by atoms with E-state index in [2.05, 4.69) is 10.3 Å². The first-order valence-corrected chi connectivity index (χ1v) is 11.1. The summed E-state index contributed by atoms with van der Waals surface area (Å²) in [6, 6.07) is 6.93. The molecule has 1 aliphatic rings. The zero-order valence-electron chi connectivity index (χ0n) is 18.9. The van der Waals surface area contributed by atoms with Crippen molar-refractivity contribution in [3.8, 4) is 17.2 Å². The molecule has 0 radical (unpaired) electrons. The highest BCUT2D eigenvalue weighted by atomic mass is 16.5. The minimum absolute atomic E-state index is 0.0186. The van der Waals surface area contributed by atoms with Crippen molar-refractivity contribution in [2.24, 2.45) is 0 Å². The van der Waals surface area contributed by atoms with Gasteiger partial charge in [0.15, 0.2) is 11.5 Å². The summed E-state index contributed by atoms with van der Waals surface area (Å²) in [7, 11) is 0. The van der Waals surface area contributed by atoms with Crippen LogP contribution in [0.5, 0.6) is 17.2 Å². The van der Waals surface area contributed by atoms with Gasteiger partial charge in [-0.1, -0.05) is 0 Å². The number of carbonyl (C=O) groups is 2. The maximum Gasteiger partial charge on any atom is 0.254 e. The summed E-state index contributed by atoms with van der Waals surface area (Å²) in [5.74, 6) is 1.29. The van der Waals surface area contributed by atoms with Crippen molar-refractivity contribution in [3.05, 3.63) is 47.8 Å². The van der Waals surface area contributed by atoms with Crippen LogP contribution in [0, 0.1) is 0 Å². The molecular weight excluding hydrogens is 410 g/mol. The van der Waals surface area contributed by atoms with Crippen LogP contribution in [0.25, 0.3) is 0 Å². The summed E-state index contributed by atoms with van der Waals surface area (Å²) >= 11 is 0. The Hall–Kier alpha value is -3.29. The van der Waals surface area contributed by atoms with Crippen LogP contribution in [0.2, 0.25) is 0 Å². The normalized spacial score (nSPS) is 14.0. The van der Waals surface area contributed by atoms with Crippen LogP contribution in [0.3, 0.4) is 0 Å². The molecule has 0 atom stereocenters. The SMILES string of the molecule is CCOc1cc(C(=O)N2CCC(NC(=O)c3cccnc3)CC2)cc(OCC)c1OCC. The smallest absolute Gasteiger partial charge is 0.254 e. The molecule has 1 aromatic carbocycles. The third-order valence-corrected chi connectivity index (χ3v) is 5.20. The predicted molar refractivity (Wildman–Crippen MR) is 121 cm³/mol. The van der Waals surface area contributed by atoms with Crippen molar-refractivity contribution in [1.82, 2.24) is 15.2 Å². The van der Waals surface area contributed by atoms with Crippen LogP contribution in [0.15, 0.2) is 36.7 Å². The molecule has 0 saturated carbocycles. The standard InChI is InChI=1S/C24H31N3O5/c1-4-30-20-14-18(15-21(31-5-2)22(20)32-6-3)24(29)27-12-9-19(10-13-27)26-23(28)17-8-7-11-25-16-17/h7-8,11,14-16,19H,4-6,9-10,12-13H2,1-3H3,(H,26,28). The van der Waals surface area contributed by atoms with Gasteiger partial charge in [-0.25, -0.2) is 0 Å². The second-order valence-electron chi connectivity index (χ2n) is 7.38. The molecule has 8 heteroatoms. The minimum atomic E-state index is -0.142. The number of benzene rings is 1. The van der Waals surface area contributed by atoms with Crippen molar-refractivity contribution in [2.45, 2.75) is 39.7 Å². The number of nitrogens with one attached hydrogen (secondary N) is 1. The topological polar surface area (TPSA) is 90.0 Å². The molecule has 1 N–H and O–H groups in total. The molecule has 2 aromatic rings. The van der Waals surface area contributed by atoms with Crippen LogP contribution in [-0.4, -0.2) is 60.7 Å². The highest BCUT2D eigenvalue weighted by Crippen LogP contribution is 2.39. The molecule has 1 saturated heterocycles. The van der Waals surface area contributed by atoms with Crippen molar-refractivity contribution < 1.29 is 23.8 Å². The number of piperidine rings is 1. The van der Waals surface area contributed by atoms with Gasteiger partial charge >= 0.3 is 0 Å². The van der Waals surface area contributed by atoms with Gasteiger partial charge in [-0.2, -0.15) is 0 Å². The maximum atomic E-state index is 13.2. The molecule has 2 heterocycles. The molecule has 2 amide bonds. The number of pyridine rings is 1. The first kappa shape index (κ1) is 23.4. The van der Waals surface area contributed by atoms with Gasteiger partial charge in [0.25, 0.3) is 11.8 Å². The summed E-state index contributed by atoms with van der Waals surface area (Å²) in [5.41, 5.74) is 1.03. The Morgan fingerprint density at radius 1 is 1.00 bits per heavy atom. The highest BCUT2D eigenvalue weighted by Gasteiger charge is 2.27. The minimum Gasteiger partial charge on any atom is -0.490 e. The third-order valence-electron chi connectivity index (χ3n) is 5.20. The maximum absolute atomic E-state index is 13.2. The number of hydrogen-bond donors (Lipinski definition) is 1. The van der Waals surface area contributed by atoms with E-state index in [0.717, 1.165) is 0 Å². The van der Waals surface area contributed by atoms with Gasteiger partial charge in [-0.3, -0.25) is 14.6 Å². The number of nitrogens with zero attached hydrogens (tertiary/aromatic N) is 2. The molecule has 32 heavy (non-hydrogen) atoms. The molecule has 1 aliphatic heterocycles. The lowest BCUT2D eigenvalue weighted by Crippen LogP contribution is -2.46. The zero-order chi connectivity index (χ0) is 22.9. The molecule has 172 valence electrons. The molecule has 3 rings (SSSR count). The van der Waals surface area contributed by atoms with E-state index in [1.807, 2.05) is 20.8 Å². The van der Waals surface area contributed by atoms with Crippen molar-refractivity contribution in [3.63, 3.8) is 0 Å². The molecule has 0 unspecified atom stereocenters. The van der Waals surface area contributed by atoms with E-state index in [1.54, 1.807) is 41.6 Å². The number of ether oxygens (including phenoxy) is 3. The first-order valence-electron chi connectivity index (χ1n) is 11.1. The fourth-order valence-corrected chi connectivity index (χ4v) is 3.69. The average molecular weight is 442 g/mol. The monoisotopic (exact) mass is 441 g/mol. The van der Waals surface area contributed by atoms with Gasteiger partial charge in [-0.15, -0.1) is 0 Å². The molecule has 0 aliphatic carbocycles. The Morgan fingerprint density at radius 2 is 1.62 bits per heavy atom. The molecule has 1 fully saturated rings. The predicted octanol–water partition coefficient (Wildman–Crippen LogP) is 3.31. The summed E-state index contributed by atoms with van der Waals surface area (Å²) in [6.45, 7) is 8.13. The molecule has 8 nitrogen and oxygen atoms in total. The Labute approximate surface area is 188 Å². The largest absolute Gasteiger partial charge is 0.490 e. The Balaban J connectivity index is 1.68. The van der Waals surface area contributed by atoms with Crippen molar-refractivity contribution in [2.75, 3.05) is 32.9 Å². The third kappa shape index (κ3) is 5.69. The van der Waals surface area contributed by atoms with E-state index < -0.39 is 0 Å². The van der Waals surface area contributed by atoms with Crippen LogP contribution in [-0.2, 0) is 0 Å². The molecule has 0 bridgehead atoms. The first-order chi connectivity index (χ1) is 15.6. The number of hydrogen-bond acceptors (Lipinski definition) is 6. The zero-order valence-corrected chi connectivity index (χ0v) is 18.9. The number of aromatic nitrogens is 1. The Bertz CT molecular complexity index is 884. The molecule has 0 spiro atoms. The van der Waals surface area contributed by atoms with Gasteiger partial charge in [-0.05, 0) is 57.9 Å². The molecule has 1 aromatic heterocycles. The Morgan fingerprint density at radius 3 is 2.16 bits per heavy atom. The Kier molecular flexibility index (Phi) is 8.30. The van der Waals surface area contributed by atoms with E-state index in [-0.39, 0.29) is 17.9 Å². The fraction of sp³-hybridized carbons (Fsp3) is 0.458. The van der Waals surface area contributed by atoms with E-state index in [1.165, 1.54) is 0 Å². The number of rotatable bonds is 9.